The molecular formula is C17H22N4O3S. The van der Waals surface area contributed by atoms with Crippen LogP contribution in [-0.2, 0) is 22.0 Å². The second-order valence-corrected chi connectivity index (χ2v) is 8.32. The number of nitrogens with one attached hydrogen (secondary N) is 1. The number of aryl methyl sites for hydroxylation is 1. The second kappa shape index (κ2) is 6.25. The first kappa shape index (κ1) is 17.6. The summed E-state index contributed by atoms with van der Waals surface area (Å²) in [6.45, 7) is 5.91. The largest absolute Gasteiger partial charge is 0.465 e. The number of hydrogen-bond acceptors (Lipinski definition) is 6. The standard InChI is InChI=1S/C17H22N4O3S/c1-17(2,3)13-12(15(23)24-5)25-16(19-13)20-14(22)11-6-10(11)9-7-18-21(4)8-9/h7-8,10-11H,6H2,1-5H3,(H,19,20,22). The highest BCUT2D eigenvalue weighted by atomic mass is 32.1. The molecule has 2 aromatic heterocycles. The molecule has 1 amide bonds. The van der Waals surface area contributed by atoms with Gasteiger partial charge in [0.1, 0.15) is 4.88 Å². The lowest BCUT2D eigenvalue weighted by Gasteiger charge is -2.16. The van der Waals surface area contributed by atoms with E-state index < -0.39 is 5.97 Å². The maximum Gasteiger partial charge on any atom is 0.350 e. The second-order valence-electron chi connectivity index (χ2n) is 7.32. The van der Waals surface area contributed by atoms with Crippen LogP contribution in [0.5, 0.6) is 0 Å². The number of rotatable bonds is 4. The molecule has 0 spiro atoms. The Bertz CT molecular complexity index is 818. The molecule has 2 heterocycles. The number of amides is 1. The summed E-state index contributed by atoms with van der Waals surface area (Å²) in [4.78, 5) is 29.4. The molecule has 1 N–H and O–H groups in total. The summed E-state index contributed by atoms with van der Waals surface area (Å²) in [5.41, 5.74) is 1.40. The molecule has 0 radical (unpaired) electrons. The lowest BCUT2D eigenvalue weighted by atomic mass is 9.91. The van der Waals surface area contributed by atoms with E-state index in [9.17, 15) is 9.59 Å². The fourth-order valence-electron chi connectivity index (χ4n) is 2.80. The highest BCUT2D eigenvalue weighted by Gasteiger charge is 2.45. The van der Waals surface area contributed by atoms with Crippen LogP contribution in [0.15, 0.2) is 12.4 Å². The third-order valence-electron chi connectivity index (χ3n) is 4.22. The summed E-state index contributed by atoms with van der Waals surface area (Å²) in [6, 6.07) is 0. The van der Waals surface area contributed by atoms with E-state index in [0.717, 1.165) is 23.3 Å². The molecule has 1 aliphatic carbocycles. The molecule has 1 aliphatic rings. The Kier molecular flexibility index (Phi) is 4.40. The van der Waals surface area contributed by atoms with Gasteiger partial charge in [0.05, 0.1) is 19.0 Å². The van der Waals surface area contributed by atoms with Crippen molar-refractivity contribution < 1.29 is 14.3 Å². The van der Waals surface area contributed by atoms with E-state index in [2.05, 4.69) is 15.4 Å². The molecule has 0 saturated heterocycles. The third kappa shape index (κ3) is 3.58. The number of methoxy groups -OCH3 is 1. The van der Waals surface area contributed by atoms with Crippen LogP contribution in [0.25, 0.3) is 0 Å². The number of ether oxygens (including phenoxy) is 1. The van der Waals surface area contributed by atoms with E-state index in [1.165, 1.54) is 7.11 Å². The van der Waals surface area contributed by atoms with Crippen molar-refractivity contribution in [1.29, 1.82) is 0 Å². The minimum absolute atomic E-state index is 0.0699. The van der Waals surface area contributed by atoms with E-state index in [4.69, 9.17) is 4.74 Å². The molecule has 0 bridgehead atoms. The van der Waals surface area contributed by atoms with Crippen molar-refractivity contribution in [3.8, 4) is 0 Å². The average molecular weight is 362 g/mol. The van der Waals surface area contributed by atoms with Crippen molar-refractivity contribution >= 4 is 28.3 Å². The number of carbonyl (C=O) groups excluding carboxylic acids is 2. The lowest BCUT2D eigenvalue weighted by Crippen LogP contribution is -2.17. The molecule has 8 heteroatoms. The van der Waals surface area contributed by atoms with Gasteiger partial charge in [0, 0.05) is 24.6 Å². The van der Waals surface area contributed by atoms with Crippen molar-refractivity contribution in [2.45, 2.75) is 38.5 Å². The van der Waals surface area contributed by atoms with Crippen LogP contribution in [0.1, 0.15) is 54.0 Å². The summed E-state index contributed by atoms with van der Waals surface area (Å²) in [5.74, 6) is -0.370. The normalized spacial score (nSPS) is 19.6. The topological polar surface area (TPSA) is 86.1 Å². The summed E-state index contributed by atoms with van der Waals surface area (Å²) in [6.07, 6.45) is 4.54. The van der Waals surface area contributed by atoms with E-state index in [1.807, 2.05) is 34.0 Å². The maximum atomic E-state index is 12.5. The Morgan fingerprint density at radius 3 is 2.68 bits per heavy atom. The third-order valence-corrected chi connectivity index (χ3v) is 5.17. The first-order valence-corrected chi connectivity index (χ1v) is 8.91. The van der Waals surface area contributed by atoms with E-state index >= 15 is 0 Å². The highest BCUT2D eigenvalue weighted by molar-refractivity contribution is 7.17. The number of hydrogen-bond donors (Lipinski definition) is 1. The Labute approximate surface area is 150 Å². The summed E-state index contributed by atoms with van der Waals surface area (Å²) < 4.78 is 6.57. The first-order valence-electron chi connectivity index (χ1n) is 8.09. The Morgan fingerprint density at radius 2 is 2.12 bits per heavy atom. The van der Waals surface area contributed by atoms with E-state index in [0.29, 0.717) is 15.7 Å². The van der Waals surface area contributed by atoms with Crippen LogP contribution in [0.3, 0.4) is 0 Å². The molecule has 2 aromatic rings. The van der Waals surface area contributed by atoms with Gasteiger partial charge in [-0.3, -0.25) is 9.48 Å². The summed E-state index contributed by atoms with van der Waals surface area (Å²) in [5, 5.41) is 7.44. The lowest BCUT2D eigenvalue weighted by molar-refractivity contribution is -0.117. The van der Waals surface area contributed by atoms with Gasteiger partial charge >= 0.3 is 5.97 Å². The molecule has 134 valence electrons. The summed E-state index contributed by atoms with van der Waals surface area (Å²) in [7, 11) is 3.20. The van der Waals surface area contributed by atoms with Crippen molar-refractivity contribution in [2.75, 3.05) is 12.4 Å². The van der Waals surface area contributed by atoms with Crippen molar-refractivity contribution in [3.63, 3.8) is 0 Å². The monoisotopic (exact) mass is 362 g/mol. The summed E-state index contributed by atoms with van der Waals surface area (Å²) >= 11 is 1.16. The average Bonchev–Trinajstić information content (AvgIpc) is 3.03. The molecule has 2 unspecified atom stereocenters. The van der Waals surface area contributed by atoms with Crippen molar-refractivity contribution in [1.82, 2.24) is 14.8 Å². The Balaban J connectivity index is 1.74. The highest BCUT2D eigenvalue weighted by Crippen LogP contribution is 2.48. The van der Waals surface area contributed by atoms with Crippen molar-refractivity contribution in [3.05, 3.63) is 28.5 Å². The zero-order valence-corrected chi connectivity index (χ0v) is 15.8. The zero-order chi connectivity index (χ0) is 18.4. The molecule has 7 nitrogen and oxygen atoms in total. The number of carbonyl (C=O) groups is 2. The molecule has 25 heavy (non-hydrogen) atoms. The number of aromatic nitrogens is 3. The number of anilines is 1. The SMILES string of the molecule is COC(=O)c1sc(NC(=O)C2CC2c2cnn(C)c2)nc1C(C)(C)C. The van der Waals surface area contributed by atoms with Crippen molar-refractivity contribution in [2.24, 2.45) is 13.0 Å². The van der Waals surface area contributed by atoms with Gasteiger partial charge in [-0.25, -0.2) is 9.78 Å². The van der Waals surface area contributed by atoms with Crippen LogP contribution < -0.4 is 5.32 Å². The van der Waals surface area contributed by atoms with Gasteiger partial charge in [-0.05, 0) is 17.9 Å². The molecule has 1 saturated carbocycles. The molecule has 2 atom stereocenters. The smallest absolute Gasteiger partial charge is 0.350 e. The molecular weight excluding hydrogens is 340 g/mol. The van der Waals surface area contributed by atoms with E-state index in [-0.39, 0.29) is 23.2 Å². The van der Waals surface area contributed by atoms with Crippen LogP contribution in [0, 0.1) is 5.92 Å². The molecule has 3 rings (SSSR count). The van der Waals surface area contributed by atoms with Gasteiger partial charge in [0.2, 0.25) is 5.91 Å². The Morgan fingerprint density at radius 1 is 1.40 bits per heavy atom. The minimum Gasteiger partial charge on any atom is -0.465 e. The minimum atomic E-state index is -0.428. The number of esters is 1. The molecule has 0 aliphatic heterocycles. The number of nitrogens with zero attached hydrogens (tertiary/aromatic N) is 3. The van der Waals surface area contributed by atoms with Gasteiger partial charge in [-0.2, -0.15) is 5.10 Å². The van der Waals surface area contributed by atoms with Crippen LogP contribution >= 0.6 is 11.3 Å². The maximum absolute atomic E-state index is 12.5. The Hall–Kier alpha value is -2.22. The zero-order valence-electron chi connectivity index (χ0n) is 15.0. The van der Waals surface area contributed by atoms with Gasteiger partial charge in [0.15, 0.2) is 5.13 Å². The fraction of sp³-hybridized carbons (Fsp3) is 0.529. The van der Waals surface area contributed by atoms with Gasteiger partial charge in [-0.15, -0.1) is 0 Å². The van der Waals surface area contributed by atoms with Crippen LogP contribution in [0.2, 0.25) is 0 Å². The van der Waals surface area contributed by atoms with Crippen LogP contribution in [-0.4, -0.2) is 33.8 Å². The predicted molar refractivity (Wildman–Crippen MR) is 94.8 cm³/mol. The molecule has 1 fully saturated rings. The first-order chi connectivity index (χ1) is 11.7. The van der Waals surface area contributed by atoms with Gasteiger partial charge in [0.25, 0.3) is 0 Å². The predicted octanol–water partition coefficient (Wildman–Crippen LogP) is 2.70. The van der Waals surface area contributed by atoms with Gasteiger partial charge < -0.3 is 10.1 Å². The number of thiazole rings is 1. The van der Waals surface area contributed by atoms with E-state index in [1.54, 1.807) is 10.9 Å². The molecule has 0 aromatic carbocycles. The fourth-order valence-corrected chi connectivity index (χ4v) is 3.89. The quantitative estimate of drug-likeness (QED) is 0.845. The van der Waals surface area contributed by atoms with Crippen LogP contribution in [0.4, 0.5) is 5.13 Å². The van der Waals surface area contributed by atoms with Gasteiger partial charge in [-0.1, -0.05) is 32.1 Å².